The predicted octanol–water partition coefficient (Wildman–Crippen LogP) is 0.972. The Balaban J connectivity index is 2.81. The van der Waals surface area contributed by atoms with Crippen LogP contribution in [-0.2, 0) is 37.4 Å². The van der Waals surface area contributed by atoms with Gasteiger partial charge in [-0.1, -0.05) is 23.5 Å². The summed E-state index contributed by atoms with van der Waals surface area (Å²) in [7, 11) is -4.76. The second kappa shape index (κ2) is 32.5. The van der Waals surface area contributed by atoms with Crippen molar-refractivity contribution in [3.63, 3.8) is 0 Å². The van der Waals surface area contributed by atoms with E-state index in [9.17, 15) is 23.8 Å². The van der Waals surface area contributed by atoms with E-state index in [1.54, 1.807) is 13.8 Å². The lowest BCUT2D eigenvalue weighted by molar-refractivity contribution is -0.153. The highest BCUT2D eigenvalue weighted by Gasteiger charge is 2.26. The Kier molecular flexibility index (Phi) is 26.4. The average Bonchev–Trinajstić information content (AvgIpc) is 3.94. The number of carbonyl (C=O) groups excluding carboxylic acids is 3. The molecule has 2 N–H and O–H groups in total. The molecule has 0 saturated heterocycles. The van der Waals surface area contributed by atoms with Crippen molar-refractivity contribution in [3.05, 3.63) is 11.6 Å². The van der Waals surface area contributed by atoms with Crippen LogP contribution in [0.5, 0.6) is 0 Å². The van der Waals surface area contributed by atoms with Crippen LogP contribution in [0.2, 0.25) is 0 Å². The zero-order valence-corrected chi connectivity index (χ0v) is 32.2. The van der Waals surface area contributed by atoms with Gasteiger partial charge in [0.05, 0.1) is 13.2 Å². The van der Waals surface area contributed by atoms with E-state index in [2.05, 4.69) is 195 Å². The van der Waals surface area contributed by atoms with Crippen molar-refractivity contribution in [1.82, 2.24) is 5.32 Å². The van der Waals surface area contributed by atoms with Crippen LogP contribution in [0.4, 0.5) is 4.79 Å². The van der Waals surface area contributed by atoms with E-state index >= 15 is 0 Å². The van der Waals surface area contributed by atoms with E-state index in [-0.39, 0.29) is 19.1 Å². The molecule has 1 aliphatic carbocycles. The largest absolute Gasteiger partial charge is 0.472 e. The summed E-state index contributed by atoms with van der Waals surface area (Å²) < 4.78 is 37.1. The number of hydrogen-bond donors (Lipinski definition) is 2. The normalized spacial score (nSPS) is 10.6. The molecule has 1 rings (SSSR count). The predicted molar refractivity (Wildman–Crippen MR) is 215 cm³/mol. The fraction of sp³-hybridized carbons (Fsp3) is 0.213. The summed E-state index contributed by atoms with van der Waals surface area (Å²) in [6.45, 7) is 3.24. The fourth-order valence-corrected chi connectivity index (χ4v) is 3.49. The second-order valence-corrected chi connectivity index (χ2v) is 11.0. The number of alkyl carbamates (subject to hydrolysis) is 1. The summed E-state index contributed by atoms with van der Waals surface area (Å²) in [4.78, 5) is 46.2. The Labute approximate surface area is 344 Å². The summed E-state index contributed by atoms with van der Waals surface area (Å²) in [6.07, 6.45) is -0.293. The molecule has 0 fully saturated rings. The van der Waals surface area contributed by atoms with Gasteiger partial charge in [0.15, 0.2) is 6.10 Å². The maximum atomic E-state index is 12.4. The zero-order chi connectivity index (χ0) is 43.1. The van der Waals surface area contributed by atoms with Crippen molar-refractivity contribution in [2.45, 2.75) is 26.9 Å². The number of ether oxygens (including phenoxy) is 3. The number of nitrogens with one attached hydrogen (secondary N) is 1. The van der Waals surface area contributed by atoms with Gasteiger partial charge < -0.3 is 24.4 Å². The Hall–Kier alpha value is -8.98. The average molecular weight is 794 g/mol. The van der Waals surface area contributed by atoms with E-state index < -0.39 is 51.8 Å². The Bertz CT molecular complexity index is 2800. The van der Waals surface area contributed by atoms with Gasteiger partial charge in [0.1, 0.15) is 13.2 Å². The van der Waals surface area contributed by atoms with Crippen LogP contribution in [0.25, 0.3) is 0 Å². The van der Waals surface area contributed by atoms with Gasteiger partial charge in [-0.3, -0.25) is 9.05 Å². The van der Waals surface area contributed by atoms with Gasteiger partial charge in [-0.2, -0.15) is 0 Å². The summed E-state index contributed by atoms with van der Waals surface area (Å²) in [5, 5.41) is 2.35. The molecule has 0 aromatic heterocycles. The first kappa shape index (κ1) is 48.0. The molecular weight excluding hydrogens is 769 g/mol. The maximum absolute atomic E-state index is 12.4. The third kappa shape index (κ3) is 31.1. The molecule has 1 aliphatic rings. The fourth-order valence-electron chi connectivity index (χ4n) is 2.74. The van der Waals surface area contributed by atoms with E-state index in [4.69, 9.17) is 23.3 Å². The van der Waals surface area contributed by atoms with Crippen molar-refractivity contribution in [2.24, 2.45) is 5.92 Å². The summed E-state index contributed by atoms with van der Waals surface area (Å²) >= 11 is 0. The highest BCUT2D eigenvalue weighted by atomic mass is 31.2. The van der Waals surface area contributed by atoms with Gasteiger partial charge in [0.25, 0.3) is 0 Å². The molecule has 0 aromatic rings. The van der Waals surface area contributed by atoms with Crippen LogP contribution in [0.1, 0.15) is 20.8 Å². The molecule has 0 heterocycles. The molecule has 59 heavy (non-hydrogen) atoms. The van der Waals surface area contributed by atoms with Crippen LogP contribution in [0, 0.1) is 195 Å². The summed E-state index contributed by atoms with van der Waals surface area (Å²) in [6, 6.07) is 0. The molecule has 0 aliphatic heterocycles. The van der Waals surface area contributed by atoms with Gasteiger partial charge in [-0.25, -0.2) is 18.9 Å². The number of esters is 2. The van der Waals surface area contributed by atoms with E-state index in [0.717, 1.165) is 5.57 Å². The molecule has 0 saturated carbocycles. The molecular formula is C47H24NO10P. The Morgan fingerprint density at radius 3 is 1.41 bits per heavy atom. The first-order valence-corrected chi connectivity index (χ1v) is 17.6. The number of phosphoric acid groups is 1. The SMILES string of the molecule is CC#CC#CC#CC#CC#CC#CC#CC#CC(=O)OCC(COP(=O)(O)OCCNC(=O)OCC1C=C1C)OC(=O)C#CC#CC#CC#CC#CC#CC#CC#CC. The van der Waals surface area contributed by atoms with Crippen molar-refractivity contribution in [3.8, 4) is 189 Å². The molecule has 0 bridgehead atoms. The Morgan fingerprint density at radius 2 is 1.00 bits per heavy atom. The van der Waals surface area contributed by atoms with Gasteiger partial charge in [0.2, 0.25) is 0 Å². The summed E-state index contributed by atoms with van der Waals surface area (Å²) in [5.41, 5.74) is 1.11. The molecule has 3 unspecified atom stereocenters. The molecule has 282 valence electrons. The number of hydrogen-bond acceptors (Lipinski definition) is 9. The zero-order valence-electron chi connectivity index (χ0n) is 31.3. The lowest BCUT2D eigenvalue weighted by Gasteiger charge is -2.18. The summed E-state index contributed by atoms with van der Waals surface area (Å²) in [5.74, 6) is 74.7. The molecule has 12 heteroatoms. The first-order chi connectivity index (χ1) is 28.7. The molecule has 11 nitrogen and oxygen atoms in total. The van der Waals surface area contributed by atoms with Gasteiger partial charge in [-0.15, -0.1) is 0 Å². The van der Waals surface area contributed by atoms with Crippen LogP contribution in [0.15, 0.2) is 11.6 Å². The highest BCUT2D eigenvalue weighted by molar-refractivity contribution is 7.47. The third-order valence-corrected chi connectivity index (χ3v) is 6.25. The number of amides is 1. The number of rotatable bonds is 12. The van der Waals surface area contributed by atoms with E-state index in [1.807, 2.05) is 13.0 Å². The van der Waals surface area contributed by atoms with Crippen LogP contribution < -0.4 is 5.32 Å². The maximum Gasteiger partial charge on any atom is 0.472 e. The van der Waals surface area contributed by atoms with Crippen molar-refractivity contribution in [2.75, 3.05) is 33.0 Å². The van der Waals surface area contributed by atoms with Crippen molar-refractivity contribution < 1.29 is 47.1 Å². The van der Waals surface area contributed by atoms with Crippen molar-refractivity contribution in [1.29, 1.82) is 0 Å². The van der Waals surface area contributed by atoms with Crippen LogP contribution in [-0.4, -0.2) is 62.0 Å². The highest BCUT2D eigenvalue weighted by Crippen LogP contribution is 2.43. The minimum absolute atomic E-state index is 0.114. The number of phosphoric ester groups is 1. The van der Waals surface area contributed by atoms with E-state index in [1.165, 1.54) is 0 Å². The Morgan fingerprint density at radius 1 is 0.610 bits per heavy atom. The third-order valence-electron chi connectivity index (χ3n) is 5.26. The second-order valence-electron chi connectivity index (χ2n) is 9.52. The van der Waals surface area contributed by atoms with Crippen LogP contribution >= 0.6 is 7.82 Å². The molecule has 0 spiro atoms. The minimum Gasteiger partial charge on any atom is -0.452 e. The first-order valence-electron chi connectivity index (χ1n) is 16.1. The standard InChI is InChI=1S/C47H24NO10P/c1-4-6-8-10-12-14-16-18-20-22-24-26-28-30-32-34-45(49)54-40-44(41-57-59(52,53)56-37-36-48-47(51)55-39-43-38-42(43)3)58-46(50)35-33-31-29-27-25-23-21-19-17-15-13-11-9-7-5-2/h38,43-44H,36-37,39-41H2,1-3H3,(H,48,51)(H,52,53). The van der Waals surface area contributed by atoms with Gasteiger partial charge in [-0.05, 0) is 187 Å². The van der Waals surface area contributed by atoms with Crippen LogP contribution in [0.3, 0.4) is 0 Å². The lowest BCUT2D eigenvalue weighted by Crippen LogP contribution is -2.30. The van der Waals surface area contributed by atoms with Gasteiger partial charge in [0, 0.05) is 24.3 Å². The minimum atomic E-state index is -4.76. The van der Waals surface area contributed by atoms with E-state index in [0.29, 0.717) is 0 Å². The van der Waals surface area contributed by atoms with Crippen molar-refractivity contribution >= 4 is 25.9 Å². The topological polar surface area (TPSA) is 147 Å². The quantitative estimate of drug-likeness (QED) is 0.0558. The lowest BCUT2D eigenvalue weighted by atomic mass is 10.3. The monoisotopic (exact) mass is 793 g/mol. The molecule has 3 atom stereocenters. The molecule has 1 amide bonds. The number of carbonyl (C=O) groups is 3. The van der Waals surface area contributed by atoms with Gasteiger partial charge >= 0.3 is 25.9 Å². The molecule has 0 aromatic carbocycles. The molecule has 0 radical (unpaired) electrons. The smallest absolute Gasteiger partial charge is 0.452 e.